The van der Waals surface area contributed by atoms with Crippen molar-refractivity contribution in [2.45, 2.75) is 12.8 Å². The van der Waals surface area contributed by atoms with E-state index < -0.39 is 33.4 Å². The number of nitrogens with one attached hydrogen (secondary N) is 2. The highest BCUT2D eigenvalue weighted by Gasteiger charge is 2.33. The molecular formula is C13H14ClFN2O4S. The molecule has 0 aliphatic carbocycles. The van der Waals surface area contributed by atoms with Crippen LogP contribution >= 0.6 is 11.6 Å². The molecule has 2 rings (SSSR count). The fourth-order valence-corrected chi connectivity index (χ4v) is 4.11. The molecule has 120 valence electrons. The van der Waals surface area contributed by atoms with Gasteiger partial charge in [-0.3, -0.25) is 20.4 Å². The molecule has 22 heavy (non-hydrogen) atoms. The number of sulfone groups is 1. The lowest BCUT2D eigenvalue weighted by Gasteiger charge is -2.11. The number of hydrogen-bond donors (Lipinski definition) is 2. The summed E-state index contributed by atoms with van der Waals surface area (Å²) in [5.74, 6) is -2.79. The van der Waals surface area contributed by atoms with Crippen LogP contribution < -0.4 is 10.9 Å². The van der Waals surface area contributed by atoms with Gasteiger partial charge < -0.3 is 0 Å². The summed E-state index contributed by atoms with van der Waals surface area (Å²) < 4.78 is 36.1. The van der Waals surface area contributed by atoms with Gasteiger partial charge in [0.2, 0.25) is 11.8 Å². The number of halogens is 2. The van der Waals surface area contributed by atoms with E-state index in [0.717, 1.165) is 0 Å². The van der Waals surface area contributed by atoms with Gasteiger partial charge in [0.25, 0.3) is 0 Å². The molecule has 1 atom stereocenters. The molecule has 0 spiro atoms. The zero-order valence-corrected chi connectivity index (χ0v) is 13.0. The van der Waals surface area contributed by atoms with Crippen LogP contribution in [-0.4, -0.2) is 31.7 Å². The summed E-state index contributed by atoms with van der Waals surface area (Å²) >= 11 is 5.80. The quantitative estimate of drug-likeness (QED) is 0.782. The van der Waals surface area contributed by atoms with Crippen molar-refractivity contribution < 1.29 is 22.4 Å². The van der Waals surface area contributed by atoms with Crippen LogP contribution in [0.15, 0.2) is 18.2 Å². The third-order valence-electron chi connectivity index (χ3n) is 3.33. The van der Waals surface area contributed by atoms with E-state index in [1.165, 1.54) is 18.2 Å². The number of amides is 2. The minimum atomic E-state index is -3.18. The molecule has 9 heteroatoms. The molecule has 0 bridgehead atoms. The largest absolute Gasteiger partial charge is 0.273 e. The van der Waals surface area contributed by atoms with Crippen LogP contribution in [0.4, 0.5) is 4.39 Å². The van der Waals surface area contributed by atoms with Crippen LogP contribution in [-0.2, 0) is 25.8 Å². The van der Waals surface area contributed by atoms with E-state index >= 15 is 0 Å². The summed E-state index contributed by atoms with van der Waals surface area (Å²) in [5, 5.41) is 0.114. The SMILES string of the molecule is O=C(Cc1c(F)cccc1Cl)NNC(=O)C1CCS(=O)(=O)C1. The Bertz CT molecular complexity index is 688. The molecule has 0 aromatic heterocycles. The molecule has 0 saturated carbocycles. The van der Waals surface area contributed by atoms with Gasteiger partial charge in [-0.1, -0.05) is 17.7 Å². The summed E-state index contributed by atoms with van der Waals surface area (Å²) in [5.41, 5.74) is 4.31. The Morgan fingerprint density at radius 3 is 2.64 bits per heavy atom. The van der Waals surface area contributed by atoms with E-state index in [0.29, 0.717) is 0 Å². The molecule has 2 N–H and O–H groups in total. The van der Waals surface area contributed by atoms with Gasteiger partial charge in [0, 0.05) is 10.6 Å². The fraction of sp³-hybridized carbons (Fsp3) is 0.385. The molecule has 1 saturated heterocycles. The molecule has 1 heterocycles. The zero-order valence-electron chi connectivity index (χ0n) is 11.4. The van der Waals surface area contributed by atoms with Gasteiger partial charge in [-0.05, 0) is 18.6 Å². The Balaban J connectivity index is 1.87. The van der Waals surface area contributed by atoms with Gasteiger partial charge in [0.1, 0.15) is 5.82 Å². The standard InChI is InChI=1S/C13H14ClFN2O4S/c14-10-2-1-3-11(15)9(10)6-12(18)16-17-13(19)8-4-5-22(20,21)7-8/h1-3,8H,4-7H2,(H,16,18)(H,17,19). The molecule has 1 aromatic carbocycles. The van der Waals surface area contributed by atoms with Crippen molar-refractivity contribution in [3.05, 3.63) is 34.6 Å². The third kappa shape index (κ3) is 4.17. The van der Waals surface area contributed by atoms with E-state index in [1.54, 1.807) is 0 Å². The second kappa shape index (κ2) is 6.62. The van der Waals surface area contributed by atoms with Crippen molar-refractivity contribution in [1.29, 1.82) is 0 Å². The van der Waals surface area contributed by atoms with Crippen LogP contribution in [0.3, 0.4) is 0 Å². The molecule has 6 nitrogen and oxygen atoms in total. The Hall–Kier alpha value is -1.67. The second-order valence-electron chi connectivity index (χ2n) is 5.01. The van der Waals surface area contributed by atoms with Gasteiger partial charge in [0.05, 0.1) is 23.8 Å². The van der Waals surface area contributed by atoms with Crippen molar-refractivity contribution in [3.8, 4) is 0 Å². The zero-order chi connectivity index (χ0) is 16.3. The van der Waals surface area contributed by atoms with Gasteiger partial charge in [-0.25, -0.2) is 12.8 Å². The second-order valence-corrected chi connectivity index (χ2v) is 7.65. The highest BCUT2D eigenvalue weighted by atomic mass is 35.5. The summed E-state index contributed by atoms with van der Waals surface area (Å²) in [7, 11) is -3.18. The molecule has 1 aromatic rings. The maximum absolute atomic E-state index is 13.5. The number of hydrogen-bond acceptors (Lipinski definition) is 4. The van der Waals surface area contributed by atoms with E-state index in [-0.39, 0.29) is 34.9 Å². The summed E-state index contributed by atoms with van der Waals surface area (Å²) in [6.45, 7) is 0. The minimum Gasteiger partial charge on any atom is -0.273 e. The maximum Gasteiger partial charge on any atom is 0.242 e. The first-order valence-electron chi connectivity index (χ1n) is 6.50. The first kappa shape index (κ1) is 16.7. The predicted octanol–water partition coefficient (Wildman–Crippen LogP) is 0.604. The third-order valence-corrected chi connectivity index (χ3v) is 5.45. The lowest BCUT2D eigenvalue weighted by Crippen LogP contribution is -2.45. The lowest BCUT2D eigenvalue weighted by molar-refractivity contribution is -0.130. The van der Waals surface area contributed by atoms with Gasteiger partial charge in [0.15, 0.2) is 9.84 Å². The minimum absolute atomic E-state index is 0.0272. The molecule has 1 aliphatic heterocycles. The fourth-order valence-electron chi connectivity index (χ4n) is 2.14. The monoisotopic (exact) mass is 348 g/mol. The Labute approximate surface area is 131 Å². The maximum atomic E-state index is 13.5. The number of carbonyl (C=O) groups is 2. The van der Waals surface area contributed by atoms with E-state index in [9.17, 15) is 22.4 Å². The number of benzene rings is 1. The van der Waals surface area contributed by atoms with E-state index in [1.807, 2.05) is 0 Å². The normalized spacial score (nSPS) is 19.6. The summed E-state index contributed by atoms with van der Waals surface area (Å²) in [4.78, 5) is 23.4. The van der Waals surface area contributed by atoms with E-state index in [4.69, 9.17) is 11.6 Å². The Kier molecular flexibility index (Phi) is 5.02. The highest BCUT2D eigenvalue weighted by molar-refractivity contribution is 7.91. The molecule has 1 fully saturated rings. The van der Waals surface area contributed by atoms with Crippen LogP contribution in [0.2, 0.25) is 5.02 Å². The molecule has 1 aliphatic rings. The highest BCUT2D eigenvalue weighted by Crippen LogP contribution is 2.19. The number of rotatable bonds is 3. The van der Waals surface area contributed by atoms with Crippen molar-refractivity contribution >= 4 is 33.3 Å². The van der Waals surface area contributed by atoms with Crippen LogP contribution in [0.25, 0.3) is 0 Å². The smallest absolute Gasteiger partial charge is 0.242 e. The van der Waals surface area contributed by atoms with Crippen molar-refractivity contribution in [1.82, 2.24) is 10.9 Å². The molecule has 0 radical (unpaired) electrons. The number of hydrazine groups is 1. The van der Waals surface area contributed by atoms with Crippen LogP contribution in [0, 0.1) is 11.7 Å². The first-order valence-corrected chi connectivity index (χ1v) is 8.70. The first-order chi connectivity index (χ1) is 10.3. The average molecular weight is 349 g/mol. The topological polar surface area (TPSA) is 92.3 Å². The molecule has 1 unspecified atom stereocenters. The Morgan fingerprint density at radius 1 is 1.32 bits per heavy atom. The van der Waals surface area contributed by atoms with Gasteiger partial charge in [-0.2, -0.15) is 0 Å². The molecular weight excluding hydrogens is 335 g/mol. The van der Waals surface area contributed by atoms with E-state index in [2.05, 4.69) is 10.9 Å². The van der Waals surface area contributed by atoms with Gasteiger partial charge in [-0.15, -0.1) is 0 Å². The summed E-state index contributed by atoms with van der Waals surface area (Å²) in [6.07, 6.45) is -0.113. The average Bonchev–Trinajstić information content (AvgIpc) is 2.81. The van der Waals surface area contributed by atoms with Crippen molar-refractivity contribution in [2.75, 3.05) is 11.5 Å². The van der Waals surface area contributed by atoms with Crippen molar-refractivity contribution in [2.24, 2.45) is 5.92 Å². The van der Waals surface area contributed by atoms with Crippen molar-refractivity contribution in [3.63, 3.8) is 0 Å². The Morgan fingerprint density at radius 2 is 2.05 bits per heavy atom. The molecule has 2 amide bonds. The summed E-state index contributed by atoms with van der Waals surface area (Å²) in [6, 6.07) is 4.05. The lowest BCUT2D eigenvalue weighted by atomic mass is 10.1. The number of carbonyl (C=O) groups excluding carboxylic acids is 2. The van der Waals surface area contributed by atoms with Crippen LogP contribution in [0.5, 0.6) is 0 Å². The predicted molar refractivity (Wildman–Crippen MR) is 78.2 cm³/mol. The van der Waals surface area contributed by atoms with Crippen LogP contribution in [0.1, 0.15) is 12.0 Å². The van der Waals surface area contributed by atoms with Gasteiger partial charge >= 0.3 is 0 Å².